The zero-order chi connectivity index (χ0) is 19.4. The number of rotatable bonds is 6. The van der Waals surface area contributed by atoms with Crippen LogP contribution < -0.4 is 5.32 Å². The molecule has 7 nitrogen and oxygen atoms in total. The fourth-order valence-corrected chi connectivity index (χ4v) is 2.80. The van der Waals surface area contributed by atoms with Crippen molar-refractivity contribution in [3.05, 3.63) is 53.7 Å². The maximum atomic E-state index is 13.5. The normalized spacial score (nSPS) is 16.4. The Morgan fingerprint density at radius 3 is 2.89 bits per heavy atom. The number of furan rings is 1. The first-order valence-corrected chi connectivity index (χ1v) is 8.45. The third-order valence-electron chi connectivity index (χ3n) is 4.28. The molecule has 0 spiro atoms. The number of benzene rings is 1. The molecule has 2 aromatic rings. The van der Waals surface area contributed by atoms with Crippen molar-refractivity contribution in [3.63, 3.8) is 0 Å². The third kappa shape index (κ3) is 4.72. The van der Waals surface area contributed by atoms with Gasteiger partial charge in [0.2, 0.25) is 5.91 Å². The second kappa shape index (κ2) is 8.03. The summed E-state index contributed by atoms with van der Waals surface area (Å²) in [5, 5.41) is 2.46. The maximum absolute atomic E-state index is 13.5. The minimum atomic E-state index is -0.628. The fraction of sp³-hybridized carbons (Fsp3) is 0.316. The smallest absolute Gasteiger partial charge is 0.311 e. The molecule has 2 amide bonds. The van der Waals surface area contributed by atoms with E-state index < -0.39 is 30.2 Å². The molecule has 1 aromatic heterocycles. The van der Waals surface area contributed by atoms with Gasteiger partial charge in [0.25, 0.3) is 5.91 Å². The lowest BCUT2D eigenvalue weighted by molar-refractivity contribution is -0.151. The van der Waals surface area contributed by atoms with Crippen molar-refractivity contribution in [1.82, 2.24) is 4.90 Å². The highest BCUT2D eigenvalue weighted by atomic mass is 19.1. The van der Waals surface area contributed by atoms with E-state index in [1.807, 2.05) is 0 Å². The minimum absolute atomic E-state index is 0.0321. The molecule has 8 heteroatoms. The minimum Gasteiger partial charge on any atom is -0.467 e. The van der Waals surface area contributed by atoms with E-state index in [2.05, 4.69) is 5.32 Å². The van der Waals surface area contributed by atoms with E-state index >= 15 is 0 Å². The molecule has 1 aliphatic rings. The molecule has 0 saturated carbocycles. The molecule has 1 aromatic carbocycles. The van der Waals surface area contributed by atoms with Crippen molar-refractivity contribution < 1.29 is 27.9 Å². The highest BCUT2D eigenvalue weighted by molar-refractivity contribution is 5.93. The molecule has 1 aliphatic heterocycles. The molecule has 27 heavy (non-hydrogen) atoms. The molecular weight excluding hydrogens is 355 g/mol. The molecule has 1 fully saturated rings. The number of carbonyl (C=O) groups is 3. The SMILES string of the molecule is Cc1ccc(NC(=O)COC(=O)[C@@H]2CC(=O)N(Cc3ccco3)C2)cc1F. The molecule has 2 heterocycles. The maximum Gasteiger partial charge on any atom is 0.311 e. The van der Waals surface area contributed by atoms with Crippen molar-refractivity contribution in [3.8, 4) is 0 Å². The van der Waals surface area contributed by atoms with Crippen LogP contribution in [0.1, 0.15) is 17.7 Å². The van der Waals surface area contributed by atoms with E-state index in [1.165, 1.54) is 23.3 Å². The number of carbonyl (C=O) groups excluding carboxylic acids is 3. The Morgan fingerprint density at radius 1 is 1.37 bits per heavy atom. The summed E-state index contributed by atoms with van der Waals surface area (Å²) in [6, 6.07) is 7.75. The number of esters is 1. The molecule has 0 radical (unpaired) electrons. The summed E-state index contributed by atoms with van der Waals surface area (Å²) >= 11 is 0. The number of nitrogens with zero attached hydrogens (tertiary/aromatic N) is 1. The van der Waals surface area contributed by atoms with E-state index in [-0.39, 0.29) is 31.1 Å². The van der Waals surface area contributed by atoms with E-state index in [0.717, 1.165) is 0 Å². The Kier molecular flexibility index (Phi) is 5.54. The Hall–Kier alpha value is -3.16. The van der Waals surface area contributed by atoms with Crippen LogP contribution in [0.5, 0.6) is 0 Å². The number of halogens is 1. The first-order valence-electron chi connectivity index (χ1n) is 8.45. The van der Waals surface area contributed by atoms with Gasteiger partial charge in [0.1, 0.15) is 11.6 Å². The molecule has 1 saturated heterocycles. The third-order valence-corrected chi connectivity index (χ3v) is 4.28. The van der Waals surface area contributed by atoms with E-state index in [0.29, 0.717) is 11.3 Å². The summed E-state index contributed by atoms with van der Waals surface area (Å²) in [6.45, 7) is 1.61. The van der Waals surface area contributed by atoms with Gasteiger partial charge in [-0.2, -0.15) is 0 Å². The van der Waals surface area contributed by atoms with Gasteiger partial charge in [0.15, 0.2) is 6.61 Å². The molecule has 1 atom stereocenters. The van der Waals surface area contributed by atoms with Crippen LogP contribution in [0, 0.1) is 18.7 Å². The van der Waals surface area contributed by atoms with Crippen molar-refractivity contribution >= 4 is 23.5 Å². The van der Waals surface area contributed by atoms with Gasteiger partial charge in [-0.15, -0.1) is 0 Å². The van der Waals surface area contributed by atoms with Crippen LogP contribution in [0.3, 0.4) is 0 Å². The van der Waals surface area contributed by atoms with Crippen molar-refractivity contribution in [2.24, 2.45) is 5.92 Å². The average molecular weight is 374 g/mol. The molecule has 0 aliphatic carbocycles. The van der Waals surface area contributed by atoms with Gasteiger partial charge < -0.3 is 19.4 Å². The van der Waals surface area contributed by atoms with Gasteiger partial charge in [0, 0.05) is 18.7 Å². The zero-order valence-corrected chi connectivity index (χ0v) is 14.7. The van der Waals surface area contributed by atoms with Crippen LogP contribution >= 0.6 is 0 Å². The van der Waals surface area contributed by atoms with Crippen LogP contribution in [0.4, 0.5) is 10.1 Å². The number of nitrogens with one attached hydrogen (secondary N) is 1. The average Bonchev–Trinajstić information content (AvgIpc) is 3.27. The summed E-state index contributed by atoms with van der Waals surface area (Å²) in [7, 11) is 0. The van der Waals surface area contributed by atoms with Gasteiger partial charge in [-0.05, 0) is 36.8 Å². The molecule has 0 bridgehead atoms. The van der Waals surface area contributed by atoms with Crippen LogP contribution in [0.25, 0.3) is 0 Å². The largest absolute Gasteiger partial charge is 0.467 e. The fourth-order valence-electron chi connectivity index (χ4n) is 2.80. The number of hydrogen-bond acceptors (Lipinski definition) is 5. The standard InChI is InChI=1S/C19H19FN2O5/c1-12-4-5-14(8-16(12)20)21-17(23)11-27-19(25)13-7-18(24)22(9-13)10-15-3-2-6-26-15/h2-6,8,13H,7,9-11H2,1H3,(H,21,23)/t13-/m1/s1. The lowest BCUT2D eigenvalue weighted by Crippen LogP contribution is -2.28. The second-order valence-electron chi connectivity index (χ2n) is 6.37. The van der Waals surface area contributed by atoms with Gasteiger partial charge >= 0.3 is 5.97 Å². The Morgan fingerprint density at radius 2 is 2.19 bits per heavy atom. The Bertz CT molecular complexity index is 850. The number of aryl methyl sites for hydroxylation is 1. The van der Waals surface area contributed by atoms with E-state index in [4.69, 9.17) is 9.15 Å². The Balaban J connectivity index is 1.46. The molecule has 3 rings (SSSR count). The number of amides is 2. The summed E-state index contributed by atoms with van der Waals surface area (Å²) in [6.07, 6.45) is 1.55. The van der Waals surface area contributed by atoms with Crippen LogP contribution in [0.2, 0.25) is 0 Å². The highest BCUT2D eigenvalue weighted by Crippen LogP contribution is 2.21. The summed E-state index contributed by atoms with van der Waals surface area (Å²) in [5.74, 6) is -1.81. The molecule has 0 unspecified atom stereocenters. The first kappa shape index (κ1) is 18.6. The van der Waals surface area contributed by atoms with Gasteiger partial charge in [-0.3, -0.25) is 14.4 Å². The predicted molar refractivity (Wildman–Crippen MR) is 93.0 cm³/mol. The second-order valence-corrected chi connectivity index (χ2v) is 6.37. The summed E-state index contributed by atoms with van der Waals surface area (Å²) in [4.78, 5) is 37.5. The van der Waals surface area contributed by atoms with Gasteiger partial charge in [0.05, 0.1) is 18.7 Å². The lowest BCUT2D eigenvalue weighted by Gasteiger charge is -2.14. The van der Waals surface area contributed by atoms with E-state index in [9.17, 15) is 18.8 Å². The highest BCUT2D eigenvalue weighted by Gasteiger charge is 2.35. The Labute approximate surface area is 155 Å². The quantitative estimate of drug-likeness (QED) is 0.784. The van der Waals surface area contributed by atoms with Crippen LogP contribution in [0.15, 0.2) is 41.0 Å². The topological polar surface area (TPSA) is 88.8 Å². The summed E-state index contributed by atoms with van der Waals surface area (Å²) < 4.78 is 23.7. The zero-order valence-electron chi connectivity index (χ0n) is 14.7. The molecule has 1 N–H and O–H groups in total. The predicted octanol–water partition coefficient (Wildman–Crippen LogP) is 2.26. The van der Waals surface area contributed by atoms with Gasteiger partial charge in [-0.25, -0.2) is 4.39 Å². The first-order chi connectivity index (χ1) is 12.9. The number of likely N-dealkylation sites (tertiary alicyclic amines) is 1. The monoisotopic (exact) mass is 374 g/mol. The van der Waals surface area contributed by atoms with Crippen molar-refractivity contribution in [2.75, 3.05) is 18.5 Å². The summed E-state index contributed by atoms with van der Waals surface area (Å²) in [5.41, 5.74) is 0.740. The number of anilines is 1. The van der Waals surface area contributed by atoms with Crippen LogP contribution in [-0.4, -0.2) is 35.8 Å². The van der Waals surface area contributed by atoms with E-state index in [1.54, 1.807) is 25.1 Å². The molecular formula is C19H19FN2O5. The van der Waals surface area contributed by atoms with Crippen molar-refractivity contribution in [2.45, 2.75) is 19.9 Å². The number of ether oxygens (including phenoxy) is 1. The van der Waals surface area contributed by atoms with Crippen molar-refractivity contribution in [1.29, 1.82) is 0 Å². The molecule has 142 valence electrons. The van der Waals surface area contributed by atoms with Crippen LogP contribution in [-0.2, 0) is 25.7 Å². The lowest BCUT2D eigenvalue weighted by atomic mass is 10.1. The number of hydrogen-bond donors (Lipinski definition) is 1. The van der Waals surface area contributed by atoms with Gasteiger partial charge in [-0.1, -0.05) is 6.07 Å².